The zero-order valence-electron chi connectivity index (χ0n) is 34.2. The Morgan fingerprint density at radius 1 is 1.08 bits per heavy atom. The first-order valence-electron chi connectivity index (χ1n) is 20.2. The number of fused-ring (bicyclic) bond motifs is 3. The summed E-state index contributed by atoms with van der Waals surface area (Å²) in [6, 6.07) is -0.507. The molecule has 0 spiro atoms. The monoisotopic (exact) mass is 724 g/mol. The maximum absolute atomic E-state index is 13.6. The highest BCUT2D eigenvalue weighted by molar-refractivity contribution is 5.90. The van der Waals surface area contributed by atoms with Crippen LogP contribution in [-0.2, 0) is 14.3 Å². The van der Waals surface area contributed by atoms with Gasteiger partial charge in [0.05, 0.1) is 37.9 Å². The van der Waals surface area contributed by atoms with E-state index < -0.39 is 17.3 Å². The number of amides is 1. The molecule has 10 nitrogen and oxygen atoms in total. The fourth-order valence-corrected chi connectivity index (χ4v) is 12.6. The average Bonchev–Trinajstić information content (AvgIpc) is 3.53. The molecular weight excluding hydrogens is 654 g/mol. The van der Waals surface area contributed by atoms with Crippen molar-refractivity contribution in [3.63, 3.8) is 0 Å². The highest BCUT2D eigenvalue weighted by atomic mass is 16.5. The van der Waals surface area contributed by atoms with Crippen LogP contribution in [-0.4, -0.2) is 69.8 Å². The van der Waals surface area contributed by atoms with Gasteiger partial charge in [0, 0.05) is 22.9 Å². The first-order valence-corrected chi connectivity index (χ1v) is 20.2. The van der Waals surface area contributed by atoms with Gasteiger partial charge in [-0.05, 0) is 97.7 Å². The predicted octanol–water partition coefficient (Wildman–Crippen LogP) is 7.30. The highest BCUT2D eigenvalue weighted by Gasteiger charge is 2.72. The number of ether oxygens (including phenoxy) is 2. The van der Waals surface area contributed by atoms with Crippen molar-refractivity contribution in [3.8, 4) is 0 Å². The summed E-state index contributed by atoms with van der Waals surface area (Å²) in [4.78, 5) is 31.6. The summed E-state index contributed by atoms with van der Waals surface area (Å²) in [7, 11) is 0. The number of nitrogens with one attached hydrogen (secondary N) is 1. The SMILES string of the molecule is CC(C)NC(=O)c1ncnn1[C@@H]1C[C@@]23COC[C@](C)([C@@H]2CC[C@H]2C3=CC[C@@]3(C)[C@H](C(=O)O)[C@@](C)([C@H](C)C(C)C)CC[C@]23C)[C@H]1OC[C@H](N)C(C)(C)C. The molecule has 1 amide bonds. The van der Waals surface area contributed by atoms with Gasteiger partial charge in [0.25, 0.3) is 5.91 Å². The van der Waals surface area contributed by atoms with Crippen molar-refractivity contribution in [2.24, 2.45) is 67.8 Å². The zero-order valence-corrected chi connectivity index (χ0v) is 34.2. The number of aromatic nitrogens is 3. The lowest BCUT2D eigenvalue weighted by Crippen LogP contribution is -2.69. The zero-order chi connectivity index (χ0) is 38.4. The number of nitrogens with two attached hydrogens (primary N) is 1. The summed E-state index contributed by atoms with van der Waals surface area (Å²) in [5.41, 5.74) is 6.45. The Hall–Kier alpha value is -2.30. The topological polar surface area (TPSA) is 142 Å². The van der Waals surface area contributed by atoms with E-state index in [2.05, 4.69) is 85.6 Å². The van der Waals surface area contributed by atoms with Gasteiger partial charge >= 0.3 is 5.97 Å². The van der Waals surface area contributed by atoms with Gasteiger partial charge in [-0.3, -0.25) is 9.59 Å². The van der Waals surface area contributed by atoms with Crippen LogP contribution in [0.15, 0.2) is 18.0 Å². The minimum Gasteiger partial charge on any atom is -0.481 e. The molecule has 1 aromatic heterocycles. The van der Waals surface area contributed by atoms with Gasteiger partial charge in [-0.15, -0.1) is 0 Å². The fraction of sp³-hybridized carbons (Fsp3) is 0.857. The summed E-state index contributed by atoms with van der Waals surface area (Å²) in [6.45, 7) is 27.9. The second-order valence-electron chi connectivity index (χ2n) is 20.5. The predicted molar refractivity (Wildman–Crippen MR) is 202 cm³/mol. The van der Waals surface area contributed by atoms with Crippen LogP contribution < -0.4 is 11.1 Å². The van der Waals surface area contributed by atoms with E-state index in [0.717, 1.165) is 32.1 Å². The van der Waals surface area contributed by atoms with E-state index in [4.69, 9.17) is 20.3 Å². The summed E-state index contributed by atoms with van der Waals surface area (Å²) in [6.07, 6.45) is 9.03. The Bertz CT molecular complexity index is 1570. The summed E-state index contributed by atoms with van der Waals surface area (Å²) < 4.78 is 15.6. The number of allylic oxidation sites excluding steroid dienone is 1. The first kappa shape index (κ1) is 39.4. The smallest absolute Gasteiger partial charge is 0.307 e. The van der Waals surface area contributed by atoms with E-state index in [9.17, 15) is 14.7 Å². The third-order valence-electron chi connectivity index (χ3n) is 16.2. The number of aliphatic carboxylic acids is 1. The third-order valence-corrected chi connectivity index (χ3v) is 16.2. The van der Waals surface area contributed by atoms with E-state index in [0.29, 0.717) is 38.0 Å². The Balaban J connectivity index is 1.47. The Morgan fingerprint density at radius 3 is 2.38 bits per heavy atom. The average molecular weight is 724 g/mol. The first-order chi connectivity index (χ1) is 24.1. The summed E-state index contributed by atoms with van der Waals surface area (Å²) in [5.74, 6) is 0.171. The van der Waals surface area contributed by atoms with Gasteiger partial charge in [0.15, 0.2) is 0 Å². The second-order valence-corrected chi connectivity index (χ2v) is 20.5. The molecule has 2 bridgehead atoms. The van der Waals surface area contributed by atoms with E-state index in [1.165, 1.54) is 11.9 Å². The number of carboxylic acids is 1. The standard InChI is InChI=1S/C42H69N5O5/c1-24(2)26(5)38(9)17-18-40(11)27-13-14-30-39(10)21-51-22-42(30,28(27)15-16-41(40,12)32(38)36(49)50)19-29(33(39)52-20-31(43)37(6,7)8)47-34(44-23-45-47)35(48)46-25(3)4/h15,23-27,29-33H,13-14,16-22,43H2,1-12H3,(H,46,48)(H,49,50)/t26-,27+,29-,30+,31+,32-,33+,38-,39-,40-,41+,42+/m1/s1. The van der Waals surface area contributed by atoms with Gasteiger partial charge in [-0.25, -0.2) is 9.67 Å². The van der Waals surface area contributed by atoms with Gasteiger partial charge in [0.2, 0.25) is 5.82 Å². The van der Waals surface area contributed by atoms with Crippen LogP contribution in [0.2, 0.25) is 0 Å². The molecular formula is C42H69N5O5. The summed E-state index contributed by atoms with van der Waals surface area (Å²) >= 11 is 0. The number of rotatable bonds is 9. The molecule has 1 aliphatic heterocycles. The minimum atomic E-state index is -0.648. The van der Waals surface area contributed by atoms with E-state index in [1.54, 1.807) is 0 Å². The molecule has 12 atom stereocenters. The van der Waals surface area contributed by atoms with Crippen molar-refractivity contribution in [1.29, 1.82) is 0 Å². The highest BCUT2D eigenvalue weighted by Crippen LogP contribution is 2.75. The number of carboxylic acid groups (broad SMARTS) is 1. The van der Waals surface area contributed by atoms with Crippen LogP contribution in [0.1, 0.15) is 138 Å². The van der Waals surface area contributed by atoms with Crippen LogP contribution in [0.25, 0.3) is 0 Å². The van der Waals surface area contributed by atoms with Crippen molar-refractivity contribution >= 4 is 11.9 Å². The van der Waals surface area contributed by atoms with E-state index in [1.807, 2.05) is 18.5 Å². The molecule has 0 radical (unpaired) electrons. The lowest BCUT2D eigenvalue weighted by Gasteiger charge is -2.71. The van der Waals surface area contributed by atoms with Gasteiger partial charge < -0.3 is 25.6 Å². The lowest BCUT2D eigenvalue weighted by molar-refractivity contribution is -0.251. The van der Waals surface area contributed by atoms with Crippen molar-refractivity contribution in [3.05, 3.63) is 23.8 Å². The molecule has 4 N–H and O–H groups in total. The summed E-state index contributed by atoms with van der Waals surface area (Å²) in [5, 5.41) is 18.9. The Labute approximate surface area is 312 Å². The van der Waals surface area contributed by atoms with E-state index in [-0.39, 0.29) is 75.0 Å². The molecule has 2 heterocycles. The molecule has 6 rings (SSSR count). The molecule has 10 heteroatoms. The number of carbonyl (C=O) groups is 2. The molecule has 0 unspecified atom stereocenters. The quantitative estimate of drug-likeness (QED) is 0.226. The fourth-order valence-electron chi connectivity index (χ4n) is 12.6. The molecule has 0 aromatic carbocycles. The van der Waals surface area contributed by atoms with Crippen molar-refractivity contribution in [2.45, 2.75) is 146 Å². The molecule has 5 aliphatic rings. The molecule has 52 heavy (non-hydrogen) atoms. The number of hydrogen-bond acceptors (Lipinski definition) is 7. The van der Waals surface area contributed by atoms with Crippen molar-refractivity contribution in [2.75, 3.05) is 19.8 Å². The molecule has 4 aliphatic carbocycles. The van der Waals surface area contributed by atoms with Crippen LogP contribution in [0.5, 0.6) is 0 Å². The number of carbonyl (C=O) groups excluding carboxylic acids is 1. The van der Waals surface area contributed by atoms with Gasteiger partial charge in [-0.2, -0.15) is 5.10 Å². The maximum Gasteiger partial charge on any atom is 0.307 e. The Morgan fingerprint density at radius 2 is 1.77 bits per heavy atom. The molecule has 292 valence electrons. The van der Waals surface area contributed by atoms with Gasteiger partial charge in [0.1, 0.15) is 6.33 Å². The largest absolute Gasteiger partial charge is 0.481 e. The molecule has 4 fully saturated rings. The molecule has 3 saturated carbocycles. The second kappa shape index (κ2) is 13.2. The van der Waals surface area contributed by atoms with Crippen LogP contribution in [0.3, 0.4) is 0 Å². The molecule has 1 saturated heterocycles. The van der Waals surface area contributed by atoms with E-state index >= 15 is 0 Å². The Kier molecular flexibility index (Phi) is 9.98. The molecule has 1 aromatic rings. The number of hydrogen-bond donors (Lipinski definition) is 3. The number of nitrogens with zero attached hydrogens (tertiary/aromatic N) is 3. The third kappa shape index (κ3) is 5.73. The van der Waals surface area contributed by atoms with Crippen molar-refractivity contribution in [1.82, 2.24) is 20.1 Å². The minimum absolute atomic E-state index is 0.0498. The van der Waals surface area contributed by atoms with Crippen LogP contribution in [0.4, 0.5) is 0 Å². The van der Waals surface area contributed by atoms with Crippen LogP contribution >= 0.6 is 0 Å². The lowest BCUT2D eigenvalue weighted by atomic mass is 9.34. The van der Waals surface area contributed by atoms with Gasteiger partial charge in [-0.1, -0.05) is 80.9 Å². The normalized spacial score (nSPS) is 41.4. The van der Waals surface area contributed by atoms with Crippen LogP contribution in [0, 0.1) is 62.1 Å². The maximum atomic E-state index is 13.6. The van der Waals surface area contributed by atoms with Crippen molar-refractivity contribution < 1.29 is 24.2 Å².